The van der Waals surface area contributed by atoms with Crippen LogP contribution in [0.4, 0.5) is 5.13 Å². The molecule has 1 aliphatic carbocycles. The number of carbonyl (C=O) groups is 1. The van der Waals surface area contributed by atoms with Gasteiger partial charge in [-0.3, -0.25) is 4.79 Å². The molecule has 2 rings (SSSR count). The molecule has 0 bridgehead atoms. The van der Waals surface area contributed by atoms with E-state index in [9.17, 15) is 4.79 Å². The molecule has 88 valence electrons. The number of hydrogen-bond acceptors (Lipinski definition) is 4. The minimum atomic E-state index is -0.723. The smallest absolute Gasteiger partial charge is 0.303 e. The van der Waals surface area contributed by atoms with E-state index in [-0.39, 0.29) is 11.8 Å². The zero-order valence-electron chi connectivity index (χ0n) is 8.70. The third kappa shape index (κ3) is 2.65. The van der Waals surface area contributed by atoms with Crippen molar-refractivity contribution in [1.29, 1.82) is 0 Å². The van der Waals surface area contributed by atoms with Crippen molar-refractivity contribution in [3.63, 3.8) is 0 Å². The topological polar surface area (TPSA) is 62.2 Å². The summed E-state index contributed by atoms with van der Waals surface area (Å²) in [6.07, 6.45) is 3.31. The number of nitrogens with zero attached hydrogens (tertiary/aromatic N) is 1. The monoisotopic (exact) mass is 260 g/mol. The SMILES string of the molecule is O=C(O)CC1(CNc2nc(Cl)cs2)CCC1. The summed E-state index contributed by atoms with van der Waals surface area (Å²) >= 11 is 7.15. The zero-order valence-corrected chi connectivity index (χ0v) is 10.3. The minimum Gasteiger partial charge on any atom is -0.481 e. The molecule has 4 nitrogen and oxygen atoms in total. The molecule has 0 amide bonds. The van der Waals surface area contributed by atoms with Gasteiger partial charge in [-0.1, -0.05) is 18.0 Å². The van der Waals surface area contributed by atoms with Crippen LogP contribution >= 0.6 is 22.9 Å². The second-order valence-corrected chi connectivity index (χ2v) is 5.50. The largest absolute Gasteiger partial charge is 0.481 e. The number of aliphatic carboxylic acids is 1. The number of aromatic nitrogens is 1. The van der Waals surface area contributed by atoms with Crippen LogP contribution < -0.4 is 5.32 Å². The fourth-order valence-corrected chi connectivity index (χ4v) is 2.85. The summed E-state index contributed by atoms with van der Waals surface area (Å²) in [7, 11) is 0. The molecule has 1 fully saturated rings. The Morgan fingerprint density at radius 2 is 2.44 bits per heavy atom. The van der Waals surface area contributed by atoms with Crippen molar-refractivity contribution in [2.75, 3.05) is 11.9 Å². The lowest BCUT2D eigenvalue weighted by Crippen LogP contribution is -2.38. The molecule has 0 spiro atoms. The van der Waals surface area contributed by atoms with Gasteiger partial charge in [-0.05, 0) is 18.3 Å². The minimum absolute atomic E-state index is 0.0794. The van der Waals surface area contributed by atoms with Crippen LogP contribution in [0.5, 0.6) is 0 Å². The Bertz CT molecular complexity index is 390. The Balaban J connectivity index is 1.90. The van der Waals surface area contributed by atoms with E-state index in [1.54, 1.807) is 5.38 Å². The van der Waals surface area contributed by atoms with E-state index in [0.717, 1.165) is 24.4 Å². The molecule has 0 aromatic carbocycles. The van der Waals surface area contributed by atoms with Gasteiger partial charge in [0, 0.05) is 11.9 Å². The van der Waals surface area contributed by atoms with E-state index in [1.165, 1.54) is 11.3 Å². The number of thiazole rings is 1. The normalized spacial score (nSPS) is 17.8. The van der Waals surface area contributed by atoms with Crippen LogP contribution in [0.25, 0.3) is 0 Å². The van der Waals surface area contributed by atoms with E-state index in [2.05, 4.69) is 10.3 Å². The van der Waals surface area contributed by atoms with E-state index in [4.69, 9.17) is 16.7 Å². The summed E-state index contributed by atoms with van der Waals surface area (Å²) in [5.74, 6) is -0.723. The summed E-state index contributed by atoms with van der Waals surface area (Å²) in [5, 5.41) is 15.0. The number of anilines is 1. The van der Waals surface area contributed by atoms with E-state index < -0.39 is 5.97 Å². The highest BCUT2D eigenvalue weighted by Crippen LogP contribution is 2.44. The highest BCUT2D eigenvalue weighted by atomic mass is 35.5. The van der Waals surface area contributed by atoms with Gasteiger partial charge >= 0.3 is 5.97 Å². The number of carboxylic acid groups (broad SMARTS) is 1. The van der Waals surface area contributed by atoms with Gasteiger partial charge < -0.3 is 10.4 Å². The zero-order chi connectivity index (χ0) is 11.6. The number of halogens is 1. The molecule has 0 unspecified atom stereocenters. The lowest BCUT2D eigenvalue weighted by Gasteiger charge is -2.40. The molecule has 0 radical (unpaired) electrons. The summed E-state index contributed by atoms with van der Waals surface area (Å²) in [5.41, 5.74) is -0.0794. The predicted octanol–water partition coefficient (Wildman–Crippen LogP) is 2.85. The van der Waals surface area contributed by atoms with Gasteiger partial charge in [0.1, 0.15) is 5.15 Å². The van der Waals surface area contributed by atoms with Crippen molar-refractivity contribution in [3.05, 3.63) is 10.5 Å². The maximum Gasteiger partial charge on any atom is 0.303 e. The van der Waals surface area contributed by atoms with Crippen molar-refractivity contribution >= 4 is 34.0 Å². The van der Waals surface area contributed by atoms with Crippen LogP contribution in [0, 0.1) is 5.41 Å². The maximum atomic E-state index is 10.8. The van der Waals surface area contributed by atoms with Gasteiger partial charge in [0.25, 0.3) is 0 Å². The molecule has 16 heavy (non-hydrogen) atoms. The Labute approximate surface area is 103 Å². The maximum absolute atomic E-state index is 10.8. The summed E-state index contributed by atoms with van der Waals surface area (Å²) in [4.78, 5) is 14.8. The number of rotatable bonds is 5. The number of nitrogens with one attached hydrogen (secondary N) is 1. The molecular weight excluding hydrogens is 248 g/mol. The van der Waals surface area contributed by atoms with Crippen molar-refractivity contribution in [3.8, 4) is 0 Å². The predicted molar refractivity (Wildman–Crippen MR) is 64.2 cm³/mol. The molecule has 6 heteroatoms. The quantitative estimate of drug-likeness (QED) is 0.855. The third-order valence-electron chi connectivity index (χ3n) is 3.03. The molecule has 1 aromatic heterocycles. The molecule has 0 atom stereocenters. The van der Waals surface area contributed by atoms with E-state index >= 15 is 0 Å². The second-order valence-electron chi connectivity index (χ2n) is 4.25. The lowest BCUT2D eigenvalue weighted by molar-refractivity contribution is -0.141. The highest BCUT2D eigenvalue weighted by Gasteiger charge is 2.38. The van der Waals surface area contributed by atoms with Crippen LogP contribution in [0.15, 0.2) is 5.38 Å². The van der Waals surface area contributed by atoms with Crippen molar-refractivity contribution < 1.29 is 9.90 Å². The van der Waals surface area contributed by atoms with Crippen molar-refractivity contribution in [1.82, 2.24) is 4.98 Å². The molecule has 0 aliphatic heterocycles. The molecule has 2 N–H and O–H groups in total. The Hall–Kier alpha value is -0.810. The molecule has 1 saturated carbocycles. The van der Waals surface area contributed by atoms with Gasteiger partial charge in [-0.2, -0.15) is 0 Å². The average molecular weight is 261 g/mol. The Morgan fingerprint density at radius 1 is 1.69 bits per heavy atom. The number of carboxylic acids is 1. The molecule has 1 heterocycles. The Morgan fingerprint density at radius 3 is 2.88 bits per heavy atom. The van der Waals surface area contributed by atoms with Gasteiger partial charge in [0.2, 0.25) is 0 Å². The third-order valence-corrected chi connectivity index (χ3v) is 4.15. The first-order valence-corrected chi connectivity index (χ1v) is 6.42. The van der Waals surface area contributed by atoms with Gasteiger partial charge in [0.15, 0.2) is 5.13 Å². The standard InChI is InChI=1S/C10H13ClN2O2S/c11-7-5-16-9(13-7)12-6-10(2-1-3-10)4-8(14)15/h5H,1-4,6H2,(H,12,13)(H,14,15). The van der Waals surface area contributed by atoms with E-state index in [0.29, 0.717) is 11.7 Å². The van der Waals surface area contributed by atoms with E-state index in [1.807, 2.05) is 0 Å². The summed E-state index contributed by atoms with van der Waals surface area (Å²) in [6.45, 7) is 0.670. The summed E-state index contributed by atoms with van der Waals surface area (Å²) < 4.78 is 0. The van der Waals surface area contributed by atoms with Crippen LogP contribution in [-0.2, 0) is 4.79 Å². The van der Waals surface area contributed by atoms with Gasteiger partial charge in [-0.15, -0.1) is 11.3 Å². The van der Waals surface area contributed by atoms with Crippen LogP contribution in [-0.4, -0.2) is 22.6 Å². The van der Waals surface area contributed by atoms with Crippen LogP contribution in [0.2, 0.25) is 5.15 Å². The molecular formula is C10H13ClN2O2S. The first kappa shape index (κ1) is 11.7. The summed E-state index contributed by atoms with van der Waals surface area (Å²) in [6, 6.07) is 0. The fraction of sp³-hybridized carbons (Fsp3) is 0.600. The first-order chi connectivity index (χ1) is 7.60. The second kappa shape index (κ2) is 4.59. The fourth-order valence-electron chi connectivity index (χ4n) is 2.01. The highest BCUT2D eigenvalue weighted by molar-refractivity contribution is 7.14. The molecule has 1 aromatic rings. The first-order valence-electron chi connectivity index (χ1n) is 5.16. The molecule has 1 aliphatic rings. The average Bonchev–Trinajstić information content (AvgIpc) is 2.55. The lowest BCUT2D eigenvalue weighted by atomic mass is 9.66. The van der Waals surface area contributed by atoms with Crippen LogP contribution in [0.3, 0.4) is 0 Å². The van der Waals surface area contributed by atoms with Gasteiger partial charge in [0.05, 0.1) is 6.42 Å². The Kier molecular flexibility index (Phi) is 3.35. The van der Waals surface area contributed by atoms with Crippen molar-refractivity contribution in [2.24, 2.45) is 5.41 Å². The molecule has 0 saturated heterocycles. The van der Waals surface area contributed by atoms with Crippen molar-refractivity contribution in [2.45, 2.75) is 25.7 Å². The van der Waals surface area contributed by atoms with Gasteiger partial charge in [-0.25, -0.2) is 4.98 Å². The van der Waals surface area contributed by atoms with Crippen LogP contribution in [0.1, 0.15) is 25.7 Å². The number of hydrogen-bond donors (Lipinski definition) is 2.